The van der Waals surface area contributed by atoms with Crippen LogP contribution < -0.4 is 0 Å². The van der Waals surface area contributed by atoms with Crippen LogP contribution in [0.25, 0.3) is 0 Å². The van der Waals surface area contributed by atoms with Crippen molar-refractivity contribution < 1.29 is 9.59 Å². The number of hydrogen-bond acceptors (Lipinski definition) is 3. The molecule has 24 heavy (non-hydrogen) atoms. The van der Waals surface area contributed by atoms with E-state index in [9.17, 15) is 9.59 Å². The first kappa shape index (κ1) is 17.0. The van der Waals surface area contributed by atoms with Gasteiger partial charge in [0.1, 0.15) is 12.4 Å². The molecule has 0 bridgehead atoms. The summed E-state index contributed by atoms with van der Waals surface area (Å²) >= 11 is 0. The largest absolute Gasteiger partial charge is 0.342 e. The van der Waals surface area contributed by atoms with Crippen LogP contribution in [-0.4, -0.2) is 57.3 Å². The Labute approximate surface area is 143 Å². The van der Waals surface area contributed by atoms with Crippen LogP contribution in [0.15, 0.2) is 12.4 Å². The van der Waals surface area contributed by atoms with Gasteiger partial charge in [0.05, 0.1) is 0 Å². The van der Waals surface area contributed by atoms with E-state index in [1.165, 1.54) is 0 Å². The van der Waals surface area contributed by atoms with Crippen molar-refractivity contribution in [2.75, 3.05) is 26.2 Å². The van der Waals surface area contributed by atoms with Crippen molar-refractivity contribution in [1.82, 2.24) is 19.4 Å². The van der Waals surface area contributed by atoms with Gasteiger partial charge in [-0.3, -0.25) is 9.59 Å². The van der Waals surface area contributed by atoms with Crippen LogP contribution in [0, 0.1) is 5.92 Å². The SMILES string of the molecule is CC(C)c1nccn1CC(=O)N1CCC(C(=O)N2CCCC2)CC1. The minimum Gasteiger partial charge on any atom is -0.342 e. The van der Waals surface area contributed by atoms with Gasteiger partial charge in [-0.25, -0.2) is 4.98 Å². The molecule has 1 aromatic heterocycles. The molecule has 0 unspecified atom stereocenters. The number of carbonyl (C=O) groups is 2. The molecule has 0 N–H and O–H groups in total. The second-order valence-electron chi connectivity index (χ2n) is 7.26. The number of imidazole rings is 1. The van der Waals surface area contributed by atoms with Crippen LogP contribution >= 0.6 is 0 Å². The van der Waals surface area contributed by atoms with Crippen molar-refractivity contribution in [2.45, 2.75) is 52.0 Å². The van der Waals surface area contributed by atoms with Gasteiger partial charge in [0.15, 0.2) is 0 Å². The normalized spacial score (nSPS) is 19.3. The Bertz CT molecular complexity index is 582. The fourth-order valence-electron chi connectivity index (χ4n) is 3.77. The standard InChI is InChI=1S/C18H28N4O2/c1-14(2)17-19-7-12-22(17)13-16(23)20-10-5-15(6-11-20)18(24)21-8-3-4-9-21/h7,12,14-15H,3-6,8-11,13H2,1-2H3. The Morgan fingerprint density at radius 2 is 1.79 bits per heavy atom. The number of rotatable bonds is 4. The van der Waals surface area contributed by atoms with E-state index in [4.69, 9.17) is 0 Å². The molecule has 6 heteroatoms. The second kappa shape index (κ2) is 7.36. The Morgan fingerprint density at radius 1 is 1.12 bits per heavy atom. The topological polar surface area (TPSA) is 58.4 Å². The van der Waals surface area contributed by atoms with E-state index in [0.717, 1.165) is 44.6 Å². The third kappa shape index (κ3) is 3.62. The van der Waals surface area contributed by atoms with E-state index in [-0.39, 0.29) is 11.8 Å². The van der Waals surface area contributed by atoms with Crippen LogP contribution in [-0.2, 0) is 16.1 Å². The predicted molar refractivity (Wildman–Crippen MR) is 91.4 cm³/mol. The first-order chi connectivity index (χ1) is 11.6. The van der Waals surface area contributed by atoms with Crippen molar-refractivity contribution in [3.63, 3.8) is 0 Å². The lowest BCUT2D eigenvalue weighted by molar-refractivity contribution is -0.140. The van der Waals surface area contributed by atoms with Crippen molar-refractivity contribution in [3.8, 4) is 0 Å². The first-order valence-electron chi connectivity index (χ1n) is 9.14. The smallest absolute Gasteiger partial charge is 0.242 e. The van der Waals surface area contributed by atoms with E-state index in [1.54, 1.807) is 6.20 Å². The van der Waals surface area contributed by atoms with Crippen LogP contribution in [0.4, 0.5) is 0 Å². The summed E-state index contributed by atoms with van der Waals surface area (Å²) in [6.45, 7) is 7.71. The number of likely N-dealkylation sites (tertiary alicyclic amines) is 2. The molecule has 132 valence electrons. The zero-order valence-electron chi connectivity index (χ0n) is 14.8. The Hall–Kier alpha value is -1.85. The molecule has 0 atom stereocenters. The molecule has 6 nitrogen and oxygen atoms in total. The Balaban J connectivity index is 1.51. The van der Waals surface area contributed by atoms with Gasteiger partial charge in [-0.2, -0.15) is 0 Å². The molecule has 0 radical (unpaired) electrons. The number of piperidine rings is 1. The van der Waals surface area contributed by atoms with Crippen molar-refractivity contribution >= 4 is 11.8 Å². The van der Waals surface area contributed by atoms with Gasteiger partial charge in [0.2, 0.25) is 11.8 Å². The molecular weight excluding hydrogens is 304 g/mol. The number of hydrogen-bond donors (Lipinski definition) is 0. The Morgan fingerprint density at radius 3 is 2.42 bits per heavy atom. The van der Waals surface area contributed by atoms with Crippen molar-refractivity contribution in [2.24, 2.45) is 5.92 Å². The molecule has 0 aromatic carbocycles. The molecule has 1 aromatic rings. The minimum absolute atomic E-state index is 0.103. The zero-order chi connectivity index (χ0) is 17.1. The van der Waals surface area contributed by atoms with Crippen LogP contribution in [0.5, 0.6) is 0 Å². The number of carbonyl (C=O) groups excluding carboxylic acids is 2. The molecule has 2 aliphatic rings. The third-order valence-corrected chi connectivity index (χ3v) is 5.18. The lowest BCUT2D eigenvalue weighted by atomic mass is 9.95. The summed E-state index contributed by atoms with van der Waals surface area (Å²) in [4.78, 5) is 33.3. The molecule has 0 saturated carbocycles. The van der Waals surface area contributed by atoms with Crippen LogP contribution in [0.3, 0.4) is 0 Å². The monoisotopic (exact) mass is 332 g/mol. The highest BCUT2D eigenvalue weighted by Crippen LogP contribution is 2.22. The molecule has 2 fully saturated rings. The maximum Gasteiger partial charge on any atom is 0.242 e. The average Bonchev–Trinajstić information content (AvgIpc) is 3.26. The maximum atomic E-state index is 12.6. The summed E-state index contributed by atoms with van der Waals surface area (Å²) in [5.41, 5.74) is 0. The number of amides is 2. The van der Waals surface area contributed by atoms with Crippen LogP contribution in [0.1, 0.15) is 51.3 Å². The van der Waals surface area contributed by atoms with Gasteiger partial charge < -0.3 is 14.4 Å². The fraction of sp³-hybridized carbons (Fsp3) is 0.722. The van der Waals surface area contributed by atoms with Crippen molar-refractivity contribution in [3.05, 3.63) is 18.2 Å². The highest BCUT2D eigenvalue weighted by atomic mass is 16.2. The molecule has 2 amide bonds. The Kier molecular flexibility index (Phi) is 5.21. The summed E-state index contributed by atoms with van der Waals surface area (Å²) in [5, 5.41) is 0. The minimum atomic E-state index is 0.103. The first-order valence-corrected chi connectivity index (χ1v) is 9.14. The maximum absolute atomic E-state index is 12.6. The zero-order valence-corrected chi connectivity index (χ0v) is 14.8. The summed E-state index contributed by atoms with van der Waals surface area (Å²) < 4.78 is 1.94. The summed E-state index contributed by atoms with van der Waals surface area (Å²) in [6, 6.07) is 0. The molecule has 0 spiro atoms. The second-order valence-corrected chi connectivity index (χ2v) is 7.26. The van der Waals surface area contributed by atoms with Gasteiger partial charge in [-0.15, -0.1) is 0 Å². The van der Waals surface area contributed by atoms with E-state index in [1.807, 2.05) is 20.6 Å². The van der Waals surface area contributed by atoms with E-state index in [2.05, 4.69) is 18.8 Å². The van der Waals surface area contributed by atoms with Crippen LogP contribution in [0.2, 0.25) is 0 Å². The van der Waals surface area contributed by atoms with E-state index in [0.29, 0.717) is 31.5 Å². The molecular formula is C18H28N4O2. The summed E-state index contributed by atoms with van der Waals surface area (Å²) in [6.07, 6.45) is 7.48. The number of aromatic nitrogens is 2. The van der Waals surface area contributed by atoms with Gasteiger partial charge in [0.25, 0.3) is 0 Å². The van der Waals surface area contributed by atoms with Gasteiger partial charge in [0, 0.05) is 50.4 Å². The van der Waals surface area contributed by atoms with Gasteiger partial charge >= 0.3 is 0 Å². The van der Waals surface area contributed by atoms with E-state index < -0.39 is 0 Å². The van der Waals surface area contributed by atoms with Gasteiger partial charge in [-0.1, -0.05) is 13.8 Å². The molecule has 3 rings (SSSR count). The average molecular weight is 332 g/mol. The quantitative estimate of drug-likeness (QED) is 0.846. The van der Waals surface area contributed by atoms with Crippen molar-refractivity contribution in [1.29, 1.82) is 0 Å². The van der Waals surface area contributed by atoms with E-state index >= 15 is 0 Å². The summed E-state index contributed by atoms with van der Waals surface area (Å²) in [7, 11) is 0. The highest BCUT2D eigenvalue weighted by molar-refractivity contribution is 5.80. The molecule has 3 heterocycles. The van der Waals surface area contributed by atoms with Gasteiger partial charge in [-0.05, 0) is 25.7 Å². The third-order valence-electron chi connectivity index (χ3n) is 5.18. The molecule has 0 aliphatic carbocycles. The molecule has 2 saturated heterocycles. The number of nitrogens with zero attached hydrogens (tertiary/aromatic N) is 4. The predicted octanol–water partition coefficient (Wildman–Crippen LogP) is 1.87. The summed E-state index contributed by atoms with van der Waals surface area (Å²) in [5.74, 6) is 1.78. The molecule has 2 aliphatic heterocycles. The lowest BCUT2D eigenvalue weighted by Crippen LogP contribution is -2.44. The fourth-order valence-corrected chi connectivity index (χ4v) is 3.77. The lowest BCUT2D eigenvalue weighted by Gasteiger charge is -2.33. The highest BCUT2D eigenvalue weighted by Gasteiger charge is 2.31.